The van der Waals surface area contributed by atoms with Gasteiger partial charge < -0.3 is 16.2 Å². The van der Waals surface area contributed by atoms with Crippen molar-refractivity contribution in [2.24, 2.45) is 0 Å². The third-order valence-electron chi connectivity index (χ3n) is 3.03. The lowest BCUT2D eigenvalue weighted by Gasteiger charge is -2.15. The quantitative estimate of drug-likeness (QED) is 0.728. The molecule has 0 aromatic heterocycles. The van der Waals surface area contributed by atoms with Crippen LogP contribution in [-0.4, -0.2) is 23.0 Å². The van der Waals surface area contributed by atoms with E-state index in [1.807, 2.05) is 30.3 Å². The summed E-state index contributed by atoms with van der Waals surface area (Å²) in [5.41, 5.74) is 7.26. The number of nitrogens with one attached hydrogen (secondary N) is 1. The van der Waals surface area contributed by atoms with Gasteiger partial charge in [0.15, 0.2) is 0 Å². The first kappa shape index (κ1) is 14.6. The topological polar surface area (TPSA) is 92.4 Å². The molecule has 1 atom stereocenters. The average molecular weight is 284 g/mol. The Balaban J connectivity index is 2.10. The Bertz CT molecular complexity index is 641. The van der Waals surface area contributed by atoms with Crippen LogP contribution in [0.4, 0.5) is 5.69 Å². The van der Waals surface area contributed by atoms with Crippen LogP contribution in [0.5, 0.6) is 0 Å². The molecule has 0 spiro atoms. The number of amides is 1. The second-order valence-electron chi connectivity index (χ2n) is 4.68. The van der Waals surface area contributed by atoms with Crippen LogP contribution in [0.15, 0.2) is 54.6 Å². The van der Waals surface area contributed by atoms with Gasteiger partial charge in [0.05, 0.1) is 0 Å². The van der Waals surface area contributed by atoms with Crippen molar-refractivity contribution in [1.82, 2.24) is 5.32 Å². The standard InChI is InChI=1S/C16H16N2O3/c17-13-8-4-7-12(10-13)15(19)18-14(16(20)21)9-11-5-2-1-3-6-11/h1-8,10,14H,9,17H2,(H,18,19)(H,20,21)/t14-/m0/s1. The van der Waals surface area contributed by atoms with Gasteiger partial charge in [-0.3, -0.25) is 4.79 Å². The molecule has 0 aliphatic heterocycles. The Morgan fingerprint density at radius 3 is 2.43 bits per heavy atom. The molecule has 21 heavy (non-hydrogen) atoms. The first-order chi connectivity index (χ1) is 10.1. The van der Waals surface area contributed by atoms with Gasteiger partial charge in [-0.05, 0) is 23.8 Å². The van der Waals surface area contributed by atoms with E-state index in [-0.39, 0.29) is 6.42 Å². The van der Waals surface area contributed by atoms with Crippen molar-refractivity contribution in [2.45, 2.75) is 12.5 Å². The van der Waals surface area contributed by atoms with Gasteiger partial charge in [0.2, 0.25) is 0 Å². The van der Waals surface area contributed by atoms with Gasteiger partial charge in [-0.1, -0.05) is 36.4 Å². The molecule has 0 bridgehead atoms. The van der Waals surface area contributed by atoms with Gasteiger partial charge in [0.25, 0.3) is 5.91 Å². The van der Waals surface area contributed by atoms with Crippen molar-refractivity contribution in [2.75, 3.05) is 5.73 Å². The predicted molar refractivity (Wildman–Crippen MR) is 79.9 cm³/mol. The zero-order valence-electron chi connectivity index (χ0n) is 11.3. The molecule has 5 nitrogen and oxygen atoms in total. The fraction of sp³-hybridized carbons (Fsp3) is 0.125. The van der Waals surface area contributed by atoms with Gasteiger partial charge in [-0.2, -0.15) is 0 Å². The highest BCUT2D eigenvalue weighted by Crippen LogP contribution is 2.08. The highest BCUT2D eigenvalue weighted by molar-refractivity contribution is 5.97. The number of hydrogen-bond donors (Lipinski definition) is 3. The van der Waals surface area contributed by atoms with Crippen LogP contribution < -0.4 is 11.1 Å². The SMILES string of the molecule is Nc1cccc(C(=O)N[C@@H](Cc2ccccc2)C(=O)O)c1. The average Bonchev–Trinajstić information content (AvgIpc) is 2.47. The van der Waals surface area contributed by atoms with Crippen LogP contribution in [0, 0.1) is 0 Å². The van der Waals surface area contributed by atoms with E-state index in [0.717, 1.165) is 5.56 Å². The summed E-state index contributed by atoms with van der Waals surface area (Å²) in [5.74, 6) is -1.53. The molecule has 0 aliphatic rings. The van der Waals surface area contributed by atoms with Crippen LogP contribution in [0.2, 0.25) is 0 Å². The van der Waals surface area contributed by atoms with Gasteiger partial charge in [-0.15, -0.1) is 0 Å². The van der Waals surface area contributed by atoms with Gasteiger partial charge in [-0.25, -0.2) is 4.79 Å². The largest absolute Gasteiger partial charge is 0.480 e. The van der Waals surface area contributed by atoms with Crippen molar-refractivity contribution in [3.8, 4) is 0 Å². The Labute approximate surface area is 122 Å². The normalized spacial score (nSPS) is 11.6. The first-order valence-electron chi connectivity index (χ1n) is 6.49. The molecule has 2 aromatic rings. The highest BCUT2D eigenvalue weighted by Gasteiger charge is 2.21. The molecule has 2 aromatic carbocycles. The van der Waals surface area contributed by atoms with Gasteiger partial charge in [0, 0.05) is 17.7 Å². The van der Waals surface area contributed by atoms with E-state index < -0.39 is 17.9 Å². The van der Waals surface area contributed by atoms with Crippen molar-refractivity contribution < 1.29 is 14.7 Å². The zero-order valence-corrected chi connectivity index (χ0v) is 11.3. The summed E-state index contributed by atoms with van der Waals surface area (Å²) in [6, 6.07) is 14.6. The Morgan fingerprint density at radius 1 is 1.10 bits per heavy atom. The maximum absolute atomic E-state index is 12.1. The molecular weight excluding hydrogens is 268 g/mol. The van der Waals surface area contributed by atoms with Crippen molar-refractivity contribution in [3.63, 3.8) is 0 Å². The molecule has 5 heteroatoms. The summed E-state index contributed by atoms with van der Waals surface area (Å²) in [5, 5.41) is 11.8. The predicted octanol–water partition coefficient (Wildman–Crippen LogP) is 1.69. The summed E-state index contributed by atoms with van der Waals surface area (Å²) in [4.78, 5) is 23.4. The van der Waals surface area contributed by atoms with E-state index in [2.05, 4.69) is 5.32 Å². The summed E-state index contributed by atoms with van der Waals surface area (Å²) in [6.07, 6.45) is 0.226. The van der Waals surface area contributed by atoms with E-state index in [9.17, 15) is 14.7 Å². The second kappa shape index (κ2) is 6.56. The second-order valence-corrected chi connectivity index (χ2v) is 4.68. The number of hydrogen-bond acceptors (Lipinski definition) is 3. The lowest BCUT2D eigenvalue weighted by atomic mass is 10.1. The van der Waals surface area contributed by atoms with E-state index in [4.69, 9.17) is 5.73 Å². The number of benzene rings is 2. The molecule has 0 saturated carbocycles. The number of carbonyl (C=O) groups excluding carboxylic acids is 1. The van der Waals surface area contributed by atoms with E-state index in [0.29, 0.717) is 11.3 Å². The number of nitrogen functional groups attached to an aromatic ring is 1. The number of nitrogens with two attached hydrogens (primary N) is 1. The van der Waals surface area contributed by atoms with Crippen LogP contribution in [0.1, 0.15) is 15.9 Å². The van der Waals surface area contributed by atoms with Gasteiger partial charge >= 0.3 is 5.97 Å². The maximum atomic E-state index is 12.1. The van der Waals surface area contributed by atoms with Crippen molar-refractivity contribution in [3.05, 3.63) is 65.7 Å². The molecule has 0 unspecified atom stereocenters. The van der Waals surface area contributed by atoms with E-state index in [1.54, 1.807) is 18.2 Å². The molecule has 0 fully saturated rings. The summed E-state index contributed by atoms with van der Waals surface area (Å²) < 4.78 is 0. The molecular formula is C16H16N2O3. The fourth-order valence-corrected chi connectivity index (χ4v) is 1.97. The van der Waals surface area contributed by atoms with E-state index in [1.165, 1.54) is 6.07 Å². The molecule has 0 radical (unpaired) electrons. The monoisotopic (exact) mass is 284 g/mol. The van der Waals surface area contributed by atoms with E-state index >= 15 is 0 Å². The molecule has 1 amide bonds. The van der Waals surface area contributed by atoms with Crippen LogP contribution >= 0.6 is 0 Å². The summed E-state index contributed by atoms with van der Waals surface area (Å²) in [7, 11) is 0. The Morgan fingerprint density at radius 2 is 1.81 bits per heavy atom. The molecule has 2 rings (SSSR count). The number of carboxylic acids is 1. The Kier molecular flexibility index (Phi) is 4.56. The van der Waals surface area contributed by atoms with Crippen LogP contribution in [0.25, 0.3) is 0 Å². The van der Waals surface area contributed by atoms with Crippen LogP contribution in [-0.2, 0) is 11.2 Å². The van der Waals surface area contributed by atoms with Crippen LogP contribution in [0.3, 0.4) is 0 Å². The molecule has 0 saturated heterocycles. The molecule has 0 heterocycles. The lowest BCUT2D eigenvalue weighted by molar-refractivity contribution is -0.139. The lowest BCUT2D eigenvalue weighted by Crippen LogP contribution is -2.42. The van der Waals surface area contributed by atoms with Crippen molar-refractivity contribution >= 4 is 17.6 Å². The fourth-order valence-electron chi connectivity index (χ4n) is 1.97. The number of anilines is 1. The molecule has 108 valence electrons. The minimum Gasteiger partial charge on any atom is -0.480 e. The first-order valence-corrected chi connectivity index (χ1v) is 6.49. The number of carboxylic acid groups (broad SMARTS) is 1. The zero-order chi connectivity index (χ0) is 15.2. The Hall–Kier alpha value is -2.82. The van der Waals surface area contributed by atoms with Crippen molar-refractivity contribution in [1.29, 1.82) is 0 Å². The van der Waals surface area contributed by atoms with Gasteiger partial charge in [0.1, 0.15) is 6.04 Å². The summed E-state index contributed by atoms with van der Waals surface area (Å²) >= 11 is 0. The highest BCUT2D eigenvalue weighted by atomic mass is 16.4. The smallest absolute Gasteiger partial charge is 0.326 e. The number of carbonyl (C=O) groups is 2. The third kappa shape index (κ3) is 4.07. The number of aliphatic carboxylic acids is 1. The maximum Gasteiger partial charge on any atom is 0.326 e. The minimum absolute atomic E-state index is 0.226. The third-order valence-corrected chi connectivity index (χ3v) is 3.03. The molecule has 0 aliphatic carbocycles. The minimum atomic E-state index is -1.07. The number of rotatable bonds is 5. The summed E-state index contributed by atoms with van der Waals surface area (Å²) in [6.45, 7) is 0. The molecule has 4 N–H and O–H groups in total.